The van der Waals surface area contributed by atoms with E-state index in [4.69, 9.17) is 3.87 Å². The third-order valence-corrected chi connectivity index (χ3v) is 3.44. The first-order chi connectivity index (χ1) is 5.79. The van der Waals surface area contributed by atoms with Gasteiger partial charge in [-0.2, -0.15) is 3.71 Å². The summed E-state index contributed by atoms with van der Waals surface area (Å²) in [6.07, 6.45) is 7.85. The summed E-state index contributed by atoms with van der Waals surface area (Å²) in [5.41, 5.74) is 0. The number of amides is 2. The molecule has 1 N–H and O–H groups in total. The standard InChI is InChI=1S/C5H13N2OS4.HI/c1-9-6-5(8-12-4)7(10-2)11-3;/h6H,1-4H3;1H/q+1;/p-1. The van der Waals surface area contributed by atoms with Crippen molar-refractivity contribution in [1.82, 2.24) is 8.43 Å². The number of hydrogen-bond acceptors (Lipinski definition) is 4. The van der Waals surface area contributed by atoms with Crippen LogP contribution in [0.15, 0.2) is 0 Å². The van der Waals surface area contributed by atoms with Crippen LogP contribution in [0.2, 0.25) is 0 Å². The monoisotopic (exact) mass is 372 g/mol. The summed E-state index contributed by atoms with van der Waals surface area (Å²) in [4.78, 5) is 0. The fraction of sp³-hybridized carbons (Fsp3) is 0.800. The molecule has 0 rings (SSSR count). The number of hydrogen-bond donors (Lipinski definition) is 1. The van der Waals surface area contributed by atoms with Gasteiger partial charge in [0, 0.05) is 18.8 Å². The van der Waals surface area contributed by atoms with Crippen molar-refractivity contribution in [2.75, 3.05) is 25.0 Å². The number of nitrogens with zero attached hydrogens (tertiary/aromatic N) is 1. The van der Waals surface area contributed by atoms with Crippen LogP contribution >= 0.6 is 47.9 Å². The zero-order valence-electron chi connectivity index (χ0n) is 7.87. The van der Waals surface area contributed by atoms with E-state index in [2.05, 4.69) is 4.72 Å². The minimum atomic E-state index is 0. The van der Waals surface area contributed by atoms with Crippen LogP contribution in [0.4, 0.5) is 3.87 Å². The van der Waals surface area contributed by atoms with Crippen LogP contribution in [0.25, 0.3) is 0 Å². The van der Waals surface area contributed by atoms with Crippen molar-refractivity contribution in [2.45, 2.75) is 0 Å². The van der Waals surface area contributed by atoms with Gasteiger partial charge in [0.15, 0.2) is 0 Å². The molecule has 0 bridgehead atoms. The molecule has 0 fully saturated rings. The van der Waals surface area contributed by atoms with E-state index in [-0.39, 0.29) is 24.0 Å². The molecule has 0 unspecified atom stereocenters. The van der Waals surface area contributed by atoms with Crippen molar-refractivity contribution in [3.8, 4) is 0 Å². The first-order valence-corrected chi connectivity index (χ1v) is 7.78. The van der Waals surface area contributed by atoms with Crippen molar-refractivity contribution in [3.63, 3.8) is 0 Å². The van der Waals surface area contributed by atoms with E-state index >= 15 is 0 Å². The molecule has 0 heterocycles. The van der Waals surface area contributed by atoms with Gasteiger partial charge >= 0.3 is 18.1 Å². The highest BCUT2D eigenvalue weighted by Gasteiger charge is 2.21. The number of urea groups is 1. The molecule has 0 atom stereocenters. The summed E-state index contributed by atoms with van der Waals surface area (Å²) in [7, 11) is 0. The summed E-state index contributed by atoms with van der Waals surface area (Å²) >= 11 is 6.05. The topological polar surface area (TPSA) is 26.6 Å². The molecule has 0 aliphatic rings. The fourth-order valence-corrected chi connectivity index (χ4v) is 2.43. The molecule has 13 heavy (non-hydrogen) atoms. The van der Waals surface area contributed by atoms with E-state index in [1.54, 1.807) is 23.9 Å². The lowest BCUT2D eigenvalue weighted by Gasteiger charge is -2.09. The average molecular weight is 372 g/mol. The van der Waals surface area contributed by atoms with Gasteiger partial charge in [0.1, 0.15) is 0 Å². The van der Waals surface area contributed by atoms with Gasteiger partial charge in [-0.15, -0.1) is 3.87 Å². The van der Waals surface area contributed by atoms with Gasteiger partial charge in [-0.1, -0.05) is 0 Å². The minimum absolute atomic E-state index is 0. The maximum atomic E-state index is 5.31. The molecule has 0 spiro atoms. The van der Waals surface area contributed by atoms with E-state index in [9.17, 15) is 0 Å². The van der Waals surface area contributed by atoms with Crippen LogP contribution in [0.5, 0.6) is 0 Å². The summed E-state index contributed by atoms with van der Waals surface area (Å²) in [6, 6.07) is 0.759. The van der Waals surface area contributed by atoms with Crippen LogP contribution in [-0.2, 0) is 0 Å². The fourth-order valence-electron chi connectivity index (χ4n) is 0.491. The Morgan fingerprint density at radius 3 is 2.00 bits per heavy atom. The predicted molar refractivity (Wildman–Crippen MR) is 64.4 cm³/mol. The quantitative estimate of drug-likeness (QED) is 0.316. The Labute approximate surface area is 114 Å². The molecule has 8 heteroatoms. The van der Waals surface area contributed by atoms with Gasteiger partial charge < -0.3 is 24.0 Å². The van der Waals surface area contributed by atoms with E-state index in [0.29, 0.717) is 0 Å². The lowest BCUT2D eigenvalue weighted by Crippen LogP contribution is -3.00. The summed E-state index contributed by atoms with van der Waals surface area (Å²) in [5.74, 6) is 0. The van der Waals surface area contributed by atoms with Gasteiger partial charge in [-0.3, -0.25) is 0 Å². The Hall–Kier alpha value is 1.40. The maximum absolute atomic E-state index is 5.31. The molecular formula is C5H13IN2OS4. The van der Waals surface area contributed by atoms with Crippen LogP contribution in [0.3, 0.4) is 0 Å². The van der Waals surface area contributed by atoms with Crippen molar-refractivity contribution in [1.29, 1.82) is 0 Å². The smallest absolute Gasteiger partial charge is 0.552 e. The maximum Gasteiger partial charge on any atom is 0.552 e. The van der Waals surface area contributed by atoms with Crippen molar-refractivity contribution in [2.24, 2.45) is 0 Å². The molecule has 0 aliphatic carbocycles. The van der Waals surface area contributed by atoms with Gasteiger partial charge in [0.25, 0.3) is 0 Å². The van der Waals surface area contributed by atoms with Crippen molar-refractivity contribution in [3.05, 3.63) is 0 Å². The number of nitrogens with one attached hydrogen (secondary N) is 1. The average Bonchev–Trinajstić information content (AvgIpc) is 2.07. The second-order valence-electron chi connectivity index (χ2n) is 1.48. The van der Waals surface area contributed by atoms with E-state index in [1.165, 1.54) is 24.0 Å². The summed E-state index contributed by atoms with van der Waals surface area (Å²) < 4.78 is 10.3. The number of halogens is 1. The molecule has 0 aliphatic heterocycles. The molecular weight excluding hydrogens is 359 g/mol. The predicted octanol–water partition coefficient (Wildman–Crippen LogP) is -0.350. The second-order valence-corrected chi connectivity index (χ2v) is 4.29. The van der Waals surface area contributed by atoms with Crippen LogP contribution < -0.4 is 28.7 Å². The van der Waals surface area contributed by atoms with Crippen LogP contribution in [0.1, 0.15) is 0 Å². The Kier molecular flexibility index (Phi) is 14.8. The Morgan fingerprint density at radius 2 is 1.69 bits per heavy atom. The van der Waals surface area contributed by atoms with Crippen molar-refractivity contribution >= 4 is 53.9 Å². The van der Waals surface area contributed by atoms with E-state index < -0.39 is 0 Å². The lowest BCUT2D eigenvalue weighted by atomic mass is 11.2. The molecule has 80 valence electrons. The SMILES string of the molecule is CSNC(=[O+]SC)N(SC)SC.[I-]. The lowest BCUT2D eigenvalue weighted by molar-refractivity contribution is -0.00000922. The molecule has 0 radical (unpaired) electrons. The Bertz CT molecular complexity index is 144. The second kappa shape index (κ2) is 11.5. The molecule has 2 amide bonds. The molecule has 3 nitrogen and oxygen atoms in total. The summed E-state index contributed by atoms with van der Waals surface area (Å²) in [5, 5.41) is 0. The van der Waals surface area contributed by atoms with E-state index in [1.807, 2.05) is 28.7 Å². The largest absolute Gasteiger partial charge is 1.00 e. The zero-order valence-corrected chi connectivity index (χ0v) is 13.3. The highest BCUT2D eigenvalue weighted by atomic mass is 127. The van der Waals surface area contributed by atoms with Gasteiger partial charge in [-0.25, -0.2) is 4.72 Å². The van der Waals surface area contributed by atoms with Crippen LogP contribution in [0, 0.1) is 0 Å². The zero-order chi connectivity index (χ0) is 9.40. The summed E-state index contributed by atoms with van der Waals surface area (Å²) in [6.45, 7) is 0. The highest BCUT2D eigenvalue weighted by Crippen LogP contribution is 2.20. The van der Waals surface area contributed by atoms with Gasteiger partial charge in [0.2, 0.25) is 0 Å². The Morgan fingerprint density at radius 1 is 1.15 bits per heavy atom. The molecule has 0 saturated heterocycles. The van der Waals surface area contributed by atoms with Gasteiger partial charge in [-0.05, 0) is 35.8 Å². The van der Waals surface area contributed by atoms with Crippen molar-refractivity contribution < 1.29 is 27.8 Å². The number of carbonyl (C=O) groups excluding carboxylic acids is 1. The third-order valence-electron chi connectivity index (χ3n) is 0.849. The van der Waals surface area contributed by atoms with Gasteiger partial charge in [0.05, 0.1) is 6.26 Å². The Balaban J connectivity index is 0. The van der Waals surface area contributed by atoms with Crippen LogP contribution in [-0.4, -0.2) is 34.8 Å². The molecule has 0 aromatic carbocycles. The third kappa shape index (κ3) is 7.34. The normalized spacial score (nSPS) is 10.6. The minimum Gasteiger partial charge on any atom is -1.00 e. The first kappa shape index (κ1) is 16.8. The highest BCUT2D eigenvalue weighted by molar-refractivity contribution is 8.12. The first-order valence-electron chi connectivity index (χ1n) is 3.05. The molecule has 0 saturated carbocycles. The molecule has 0 aromatic heterocycles. The van der Waals surface area contributed by atoms with E-state index in [0.717, 1.165) is 6.03 Å². The molecule has 0 aromatic rings. The number of rotatable bonds is 4.